The first kappa shape index (κ1) is 103. The van der Waals surface area contributed by atoms with Crippen LogP contribution >= 0.6 is 0 Å². The number of rotatable bonds is 10. The molecule has 0 bridgehead atoms. The second kappa shape index (κ2) is 40.3. The summed E-state index contributed by atoms with van der Waals surface area (Å²) in [6.45, 7) is 38.7. The van der Waals surface area contributed by atoms with Gasteiger partial charge in [-0.15, -0.1) is 160 Å². The molecule has 0 atom stereocenters. The van der Waals surface area contributed by atoms with Crippen LogP contribution in [0, 0.1) is 54.6 Å². The largest absolute Gasteiger partial charge is 3.00 e. The van der Waals surface area contributed by atoms with Crippen molar-refractivity contribution in [2.75, 3.05) is 19.6 Å². The molecule has 0 aliphatic carbocycles. The van der Waals surface area contributed by atoms with E-state index in [1.165, 1.54) is 11.1 Å². The molecule has 742 valence electrons. The maximum absolute atomic E-state index is 6.95. The second-order valence-corrected chi connectivity index (χ2v) is 44.5. The molecule has 0 radical (unpaired) electrons. The molecule has 0 fully saturated rings. The Morgan fingerprint density at radius 3 is 0.867 bits per heavy atom. The SMILES string of the molecule is CC(C)(C)c1nc2c3c(n1)N(c1ccccc1)c1c(C(C)(C)C)cc(-c4[c-]cccc4)nc1B3c1[c-]c(-c3[c-]cccc3)ccc1N2c1ccccc1.CC(C)(C)c1nc2c3c(n1)N(c1ccccc1)c1c(C(C)(C)C)cc(-c4[c-]cccc4)nc1B3c1[c-]c(-c3[c-]cccc3)ccc1O2.CC(C)(C)c1nc2c3c(n1)N(c1ccccc1)c1ccc(-c4[c-]cccc4)[c-]c1B3c1nc(-c3[c-]cccc3)cc(C(C)(C)C)c1O2.[Au+3].[Au+3].[Au+3]. The number of ether oxygens (including phenoxy) is 2. The van der Waals surface area contributed by atoms with E-state index in [1.54, 1.807) is 0 Å². The third-order valence-electron chi connectivity index (χ3n) is 27.7. The zero-order valence-electron chi connectivity index (χ0n) is 86.9. The molecule has 0 saturated carbocycles. The molecule has 12 heterocycles. The first-order valence-corrected chi connectivity index (χ1v) is 50.4. The smallest absolute Gasteiger partial charge is 0.488 e. The van der Waals surface area contributed by atoms with Crippen molar-refractivity contribution in [2.24, 2.45) is 0 Å². The van der Waals surface area contributed by atoms with Crippen LogP contribution in [-0.2, 0) is 99.6 Å². The third-order valence-corrected chi connectivity index (χ3v) is 27.7. The van der Waals surface area contributed by atoms with Gasteiger partial charge in [0.2, 0.25) is 11.8 Å². The van der Waals surface area contributed by atoms with E-state index in [0.717, 1.165) is 220 Å². The predicted octanol–water partition coefficient (Wildman–Crippen LogP) is 24.5. The summed E-state index contributed by atoms with van der Waals surface area (Å²) in [7, 11) is 0. The summed E-state index contributed by atoms with van der Waals surface area (Å²) in [5.74, 6) is 8.17. The van der Waals surface area contributed by atoms with Crippen LogP contribution in [-0.4, -0.2) is 65.0 Å². The Morgan fingerprint density at radius 2 is 0.520 bits per heavy atom. The Hall–Kier alpha value is -14.2. The quantitative estimate of drug-likeness (QED) is 0.0944. The van der Waals surface area contributed by atoms with E-state index in [0.29, 0.717) is 11.8 Å². The van der Waals surface area contributed by atoms with E-state index >= 15 is 0 Å². The number of pyridine rings is 3. The van der Waals surface area contributed by atoms with Crippen LogP contribution in [0.3, 0.4) is 0 Å². The Bertz CT molecular complexity index is 8290. The number of nitrogens with zero attached hydrogens (tertiary/aromatic N) is 13. The zero-order valence-corrected chi connectivity index (χ0v) is 93.4. The van der Waals surface area contributed by atoms with Gasteiger partial charge in [0.25, 0.3) is 20.1 Å². The van der Waals surface area contributed by atoms with Gasteiger partial charge in [-0.3, -0.25) is 9.80 Å². The van der Waals surface area contributed by atoms with Gasteiger partial charge >= 0.3 is 67.1 Å². The van der Waals surface area contributed by atoms with Crippen LogP contribution in [0.1, 0.15) is 159 Å². The average molecular weight is 2490 g/mol. The van der Waals surface area contributed by atoms with Gasteiger partial charge in [-0.2, -0.15) is 119 Å². The minimum atomic E-state index is -0.330. The molecule has 0 N–H and O–H groups in total. The number of benzene rings is 13. The Labute approximate surface area is 929 Å². The molecule has 150 heavy (non-hydrogen) atoms. The van der Waals surface area contributed by atoms with Gasteiger partial charge < -0.3 is 34.2 Å². The first-order chi connectivity index (χ1) is 70.7. The van der Waals surface area contributed by atoms with Crippen LogP contribution in [0.4, 0.5) is 68.8 Å². The van der Waals surface area contributed by atoms with E-state index in [4.69, 9.17) is 54.3 Å². The molecule has 0 unspecified atom stereocenters. The maximum Gasteiger partial charge on any atom is 3.00 e. The van der Waals surface area contributed by atoms with Gasteiger partial charge in [0, 0.05) is 77.9 Å². The average Bonchev–Trinajstić information content (AvgIpc) is 0.684. The van der Waals surface area contributed by atoms with Crippen molar-refractivity contribution in [2.45, 2.75) is 157 Å². The summed E-state index contributed by atoms with van der Waals surface area (Å²) < 4.78 is 13.7. The second-order valence-electron chi connectivity index (χ2n) is 44.5. The van der Waals surface area contributed by atoms with Crippen LogP contribution in [0.5, 0.6) is 23.3 Å². The van der Waals surface area contributed by atoms with Crippen LogP contribution < -0.4 is 78.6 Å². The molecule has 21 heteroatoms. The summed E-state index contributed by atoms with van der Waals surface area (Å²) in [6, 6.07) is 142. The fraction of sp³-hybridized carbons (Fsp3) is 0.186. The van der Waals surface area contributed by atoms with Gasteiger partial charge in [-0.1, -0.05) is 216 Å². The van der Waals surface area contributed by atoms with E-state index in [-0.39, 0.29) is 120 Å². The van der Waals surface area contributed by atoms with Gasteiger partial charge in [0.05, 0.1) is 11.4 Å². The molecule has 6 aliphatic heterocycles. The van der Waals surface area contributed by atoms with Gasteiger partial charge in [-0.05, 0) is 110 Å². The van der Waals surface area contributed by atoms with Crippen molar-refractivity contribution in [3.05, 3.63) is 410 Å². The number of para-hydroxylation sites is 4. The number of hydrogen-bond donors (Lipinski definition) is 0. The van der Waals surface area contributed by atoms with E-state index in [9.17, 15) is 0 Å². The molecule has 6 aliphatic rings. The standard InChI is InChI=1S/C47H39BN5.2C41H34BN4O.3Au/c1-46(2,3)36-30-38(32-21-13-8-14-22-32)49-42-41(36)53(35-25-17-10-18-26-35)44-40-43(50-45(51-44)47(4,5)6)52(34-23-15-9-16-24-34)39-28-27-33(29-37(39)48(40)42)31-19-11-7-12-20-31;1-40(2,3)30-25-32(27-18-12-8-13-19-27)43-36-35(30)46(29-20-14-9-15-21-29)37-34-38(45-39(44-37)41(4,5)6)47-33-23-22-28(24-31(33)42(34)36)26-16-10-7-11-17-26;1-40(2,3)30-25-32(27-18-12-8-13-19-27)43-36-35(30)47-38-34-37(44-39(45-38)41(4,5)6)46(29-20-14-9-15-21-29)33-23-22-28(24-31(33)42(34)36)26-16-10-7-11-17-26;;;/h7-19,21,23-28,30H,1-6H3;2*7-16,18,20-23,25H,1-6H3;;;/q3*-3;3*+3. The monoisotopic (exact) mass is 2490 g/mol. The van der Waals surface area contributed by atoms with Crippen molar-refractivity contribution in [1.82, 2.24) is 44.9 Å². The fourth-order valence-corrected chi connectivity index (χ4v) is 20.6. The molecule has 6 aromatic heterocycles. The van der Waals surface area contributed by atoms with Crippen molar-refractivity contribution < 1.29 is 76.6 Å². The van der Waals surface area contributed by atoms with Gasteiger partial charge in [0.15, 0.2) is 0 Å². The predicted molar refractivity (Wildman–Crippen MR) is 600 cm³/mol. The van der Waals surface area contributed by atoms with Crippen molar-refractivity contribution in [3.63, 3.8) is 0 Å². The summed E-state index contributed by atoms with van der Waals surface area (Å²) >= 11 is 0. The number of hydrogen-bond acceptors (Lipinski definition) is 15. The summed E-state index contributed by atoms with van der Waals surface area (Å²) in [5, 5.41) is 0. The van der Waals surface area contributed by atoms with E-state index in [2.05, 4.69) is 399 Å². The Balaban J connectivity index is 0.000000135. The molecular weight excluding hydrogens is 2390 g/mol. The summed E-state index contributed by atoms with van der Waals surface area (Å²) in [6.07, 6.45) is 0. The minimum absolute atomic E-state index is 0. The molecular formula is C129H107Au3B3N13O2. The third kappa shape index (κ3) is 18.9. The normalized spacial score (nSPS) is 13.1. The first-order valence-electron chi connectivity index (χ1n) is 50.4. The topological polar surface area (TPSA) is 147 Å². The van der Waals surface area contributed by atoms with Gasteiger partial charge in [0.1, 0.15) is 46.5 Å². The molecule has 0 saturated heterocycles. The van der Waals surface area contributed by atoms with Crippen molar-refractivity contribution in [3.8, 4) is 90.4 Å². The molecule has 13 aromatic carbocycles. The molecule has 0 amide bonds. The summed E-state index contributed by atoms with van der Waals surface area (Å²) in [5.41, 5.74) is 29.6. The minimum Gasteiger partial charge on any atom is -0.488 e. The number of fused-ring (bicyclic) bond motifs is 12. The van der Waals surface area contributed by atoms with Crippen molar-refractivity contribution in [1.29, 1.82) is 0 Å². The summed E-state index contributed by atoms with van der Waals surface area (Å²) in [4.78, 5) is 57.7. The van der Waals surface area contributed by atoms with Crippen LogP contribution in [0.2, 0.25) is 0 Å². The Morgan fingerprint density at radius 1 is 0.240 bits per heavy atom. The molecule has 25 rings (SSSR count). The fourth-order valence-electron chi connectivity index (χ4n) is 20.6. The van der Waals surface area contributed by atoms with E-state index in [1.807, 2.05) is 121 Å². The molecule has 19 aromatic rings. The van der Waals surface area contributed by atoms with Gasteiger partial charge in [-0.25, -0.2) is 53.3 Å². The van der Waals surface area contributed by atoms with E-state index < -0.39 is 0 Å². The molecule has 15 nitrogen and oxygen atoms in total. The number of aromatic nitrogens is 9. The zero-order chi connectivity index (χ0) is 101. The maximum atomic E-state index is 6.95. The molecule has 0 spiro atoms. The van der Waals surface area contributed by atoms with Crippen LogP contribution in [0.15, 0.2) is 322 Å². The van der Waals surface area contributed by atoms with Crippen LogP contribution in [0.25, 0.3) is 67.2 Å². The Kier molecular flexibility index (Phi) is 27.6. The van der Waals surface area contributed by atoms with Crippen molar-refractivity contribution >= 4 is 138 Å². The number of anilines is 12.